The summed E-state index contributed by atoms with van der Waals surface area (Å²) in [6.45, 7) is 1.24. The minimum atomic E-state index is -0.102. The lowest BCUT2D eigenvalue weighted by molar-refractivity contribution is -0.117. The summed E-state index contributed by atoms with van der Waals surface area (Å²) in [5.74, 6) is 0.652. The summed E-state index contributed by atoms with van der Waals surface area (Å²) >= 11 is 0. The molecule has 0 aliphatic heterocycles. The maximum absolute atomic E-state index is 12.9. The van der Waals surface area contributed by atoms with Gasteiger partial charge in [0.05, 0.1) is 19.4 Å². The van der Waals surface area contributed by atoms with Crippen molar-refractivity contribution in [3.63, 3.8) is 0 Å². The van der Waals surface area contributed by atoms with Gasteiger partial charge in [0.1, 0.15) is 5.76 Å². The lowest BCUT2D eigenvalue weighted by atomic mass is 10.1. The number of nitrogens with zero attached hydrogens (tertiary/aromatic N) is 1. The number of hydrogen-bond donors (Lipinski definition) is 2. The third kappa shape index (κ3) is 6.49. The summed E-state index contributed by atoms with van der Waals surface area (Å²) in [6, 6.07) is 29.6. The van der Waals surface area contributed by atoms with E-state index in [0.717, 1.165) is 41.0 Å². The molecule has 0 bridgehead atoms. The smallest absolute Gasteiger partial charge is 0.251 e. The molecule has 1 aromatic heterocycles. The number of carbonyl (C=O) groups excluding carboxylic acids is 2. The first-order valence-electron chi connectivity index (χ1n) is 12.2. The van der Waals surface area contributed by atoms with Gasteiger partial charge in [-0.25, -0.2) is 0 Å². The van der Waals surface area contributed by atoms with Crippen molar-refractivity contribution < 1.29 is 14.0 Å². The normalized spacial score (nSPS) is 12.9. The molecule has 2 N–H and O–H groups in total. The minimum Gasteiger partial charge on any atom is -0.468 e. The Balaban J connectivity index is 1.22. The van der Waals surface area contributed by atoms with E-state index in [0.29, 0.717) is 24.7 Å². The van der Waals surface area contributed by atoms with E-state index in [1.807, 2.05) is 83.8 Å². The van der Waals surface area contributed by atoms with E-state index >= 15 is 0 Å². The van der Waals surface area contributed by atoms with Crippen LogP contribution in [0, 0.1) is 0 Å². The molecule has 0 unspecified atom stereocenters. The summed E-state index contributed by atoms with van der Waals surface area (Å²) in [4.78, 5) is 27.2. The summed E-state index contributed by atoms with van der Waals surface area (Å²) in [5, 5.41) is 6.01. The predicted molar refractivity (Wildman–Crippen MR) is 140 cm³/mol. The van der Waals surface area contributed by atoms with Gasteiger partial charge in [0.2, 0.25) is 5.91 Å². The maximum Gasteiger partial charge on any atom is 0.251 e. The van der Waals surface area contributed by atoms with Gasteiger partial charge in [-0.1, -0.05) is 54.6 Å². The molecule has 0 spiro atoms. The maximum atomic E-state index is 12.9. The minimum absolute atomic E-state index is 0.0332. The Bertz CT molecular complexity index is 1280. The molecule has 4 aromatic rings. The molecule has 1 heterocycles. The molecule has 0 saturated heterocycles. The van der Waals surface area contributed by atoms with Crippen LogP contribution < -0.4 is 10.6 Å². The molecule has 5 rings (SSSR count). The van der Waals surface area contributed by atoms with Crippen LogP contribution in [0.25, 0.3) is 11.1 Å². The van der Waals surface area contributed by atoms with E-state index < -0.39 is 0 Å². The van der Waals surface area contributed by atoms with Gasteiger partial charge in [0, 0.05) is 23.8 Å². The fourth-order valence-electron chi connectivity index (χ4n) is 4.09. The molecule has 0 radical (unpaired) electrons. The molecule has 1 aliphatic carbocycles. The number of rotatable bonds is 10. The Labute approximate surface area is 210 Å². The predicted octanol–water partition coefficient (Wildman–Crippen LogP) is 5.48. The fraction of sp³-hybridized carbons (Fsp3) is 0.200. The summed E-state index contributed by atoms with van der Waals surface area (Å²) in [6.07, 6.45) is 3.75. The van der Waals surface area contributed by atoms with Crippen molar-refractivity contribution >= 4 is 17.5 Å². The summed E-state index contributed by atoms with van der Waals surface area (Å²) in [5.41, 5.74) is 4.66. The molecule has 1 fully saturated rings. The zero-order chi connectivity index (χ0) is 24.7. The lowest BCUT2D eigenvalue weighted by Crippen LogP contribution is -2.32. The Morgan fingerprint density at radius 3 is 2.19 bits per heavy atom. The van der Waals surface area contributed by atoms with E-state index in [2.05, 4.69) is 22.8 Å². The second kappa shape index (κ2) is 11.1. The van der Waals surface area contributed by atoms with Crippen LogP contribution in [0.1, 0.15) is 34.5 Å². The summed E-state index contributed by atoms with van der Waals surface area (Å²) in [7, 11) is 0. The second-order valence-corrected chi connectivity index (χ2v) is 9.16. The Kier molecular flexibility index (Phi) is 7.24. The quantitative estimate of drug-likeness (QED) is 0.316. The van der Waals surface area contributed by atoms with Crippen LogP contribution >= 0.6 is 0 Å². The highest BCUT2D eigenvalue weighted by Gasteiger charge is 2.23. The number of furan rings is 1. The highest BCUT2D eigenvalue weighted by Crippen LogP contribution is 2.22. The van der Waals surface area contributed by atoms with E-state index in [-0.39, 0.29) is 18.4 Å². The van der Waals surface area contributed by atoms with E-state index in [1.54, 1.807) is 6.26 Å². The van der Waals surface area contributed by atoms with Crippen LogP contribution in [0.15, 0.2) is 102 Å². The number of amides is 2. The molecular weight excluding hydrogens is 450 g/mol. The molecule has 182 valence electrons. The molecule has 6 heteroatoms. The van der Waals surface area contributed by atoms with Crippen molar-refractivity contribution in [1.82, 2.24) is 10.2 Å². The van der Waals surface area contributed by atoms with Crippen LogP contribution in [0.4, 0.5) is 5.69 Å². The Hall–Kier alpha value is -4.16. The number of nitrogens with one attached hydrogen (secondary N) is 2. The van der Waals surface area contributed by atoms with E-state index in [9.17, 15) is 9.59 Å². The van der Waals surface area contributed by atoms with Crippen LogP contribution in [0.2, 0.25) is 0 Å². The van der Waals surface area contributed by atoms with Gasteiger partial charge >= 0.3 is 0 Å². The van der Waals surface area contributed by atoms with Gasteiger partial charge in [-0.15, -0.1) is 0 Å². The number of anilines is 1. The average Bonchev–Trinajstić information content (AvgIpc) is 3.56. The topological polar surface area (TPSA) is 74.6 Å². The third-order valence-corrected chi connectivity index (χ3v) is 6.14. The van der Waals surface area contributed by atoms with E-state index in [4.69, 9.17) is 4.42 Å². The molecule has 1 saturated carbocycles. The van der Waals surface area contributed by atoms with Gasteiger partial charge in [-0.05, 0) is 65.9 Å². The first-order chi connectivity index (χ1) is 17.6. The number of benzene rings is 3. The Morgan fingerprint density at radius 1 is 0.806 bits per heavy atom. The SMILES string of the molecule is O=C(CN(Cc1ccc(C(=O)NC2CC2)cc1)Cc1ccco1)Nc1ccc(-c2ccccc2)cc1. The first kappa shape index (κ1) is 23.6. The van der Waals surface area contributed by atoms with Crippen molar-refractivity contribution in [2.24, 2.45) is 0 Å². The zero-order valence-corrected chi connectivity index (χ0v) is 20.0. The molecule has 36 heavy (non-hydrogen) atoms. The highest BCUT2D eigenvalue weighted by atomic mass is 16.3. The van der Waals surface area contributed by atoms with E-state index in [1.165, 1.54) is 0 Å². The molecule has 0 atom stereocenters. The van der Waals surface area contributed by atoms with Crippen molar-refractivity contribution in [2.45, 2.75) is 32.0 Å². The fourth-order valence-corrected chi connectivity index (χ4v) is 4.09. The van der Waals surface area contributed by atoms with Gasteiger partial charge < -0.3 is 15.1 Å². The molecule has 6 nitrogen and oxygen atoms in total. The van der Waals surface area contributed by atoms with Crippen molar-refractivity contribution in [3.05, 3.63) is 114 Å². The lowest BCUT2D eigenvalue weighted by Gasteiger charge is -2.21. The van der Waals surface area contributed by atoms with Crippen molar-refractivity contribution in [3.8, 4) is 11.1 Å². The molecule has 1 aliphatic rings. The average molecular weight is 480 g/mol. The van der Waals surface area contributed by atoms with Gasteiger partial charge in [0.15, 0.2) is 0 Å². The summed E-state index contributed by atoms with van der Waals surface area (Å²) < 4.78 is 5.52. The zero-order valence-electron chi connectivity index (χ0n) is 20.0. The highest BCUT2D eigenvalue weighted by molar-refractivity contribution is 5.94. The van der Waals surface area contributed by atoms with Gasteiger partial charge in [-0.3, -0.25) is 14.5 Å². The first-order valence-corrected chi connectivity index (χ1v) is 12.2. The van der Waals surface area contributed by atoms with Crippen LogP contribution in [0.5, 0.6) is 0 Å². The standard InChI is InChI=1S/C30H29N3O3/c34-29(31-26-14-12-24(13-15-26)23-5-2-1-3-6-23)21-33(20-28-7-4-18-36-28)19-22-8-10-25(11-9-22)30(35)32-27-16-17-27/h1-15,18,27H,16-17,19-21H2,(H,31,34)(H,32,35). The monoisotopic (exact) mass is 479 g/mol. The number of carbonyl (C=O) groups is 2. The molecular formula is C30H29N3O3. The van der Waals surface area contributed by atoms with Crippen LogP contribution in [-0.4, -0.2) is 29.3 Å². The molecule has 3 aromatic carbocycles. The van der Waals surface area contributed by atoms with Gasteiger partial charge in [0.25, 0.3) is 5.91 Å². The number of hydrogen-bond acceptors (Lipinski definition) is 4. The van der Waals surface area contributed by atoms with Crippen molar-refractivity contribution in [1.29, 1.82) is 0 Å². The largest absolute Gasteiger partial charge is 0.468 e. The van der Waals surface area contributed by atoms with Crippen molar-refractivity contribution in [2.75, 3.05) is 11.9 Å². The van der Waals surface area contributed by atoms with Crippen LogP contribution in [0.3, 0.4) is 0 Å². The van der Waals surface area contributed by atoms with Crippen LogP contribution in [-0.2, 0) is 17.9 Å². The Morgan fingerprint density at radius 2 is 1.53 bits per heavy atom. The van der Waals surface area contributed by atoms with Gasteiger partial charge in [-0.2, -0.15) is 0 Å². The molecule has 2 amide bonds. The third-order valence-electron chi connectivity index (χ3n) is 6.14. The second-order valence-electron chi connectivity index (χ2n) is 9.16.